The fraction of sp³-hybridized carbons (Fsp3) is 0.625. The molecular weight excluding hydrogens is 311 g/mol. The monoisotopic (exact) mass is 333 g/mol. The quantitative estimate of drug-likeness (QED) is 0.813. The summed E-state index contributed by atoms with van der Waals surface area (Å²) in [5, 5.41) is 9.60. The highest BCUT2D eigenvalue weighted by atomic mass is 19.4. The molecule has 1 aromatic rings. The molecule has 1 heterocycles. The second-order valence-electron chi connectivity index (χ2n) is 5.75. The van der Waals surface area contributed by atoms with Crippen molar-refractivity contribution in [1.29, 1.82) is 0 Å². The van der Waals surface area contributed by atoms with Gasteiger partial charge in [0.15, 0.2) is 5.60 Å². The molecule has 7 heteroatoms. The van der Waals surface area contributed by atoms with Crippen LogP contribution in [0.3, 0.4) is 0 Å². The van der Waals surface area contributed by atoms with Crippen LogP contribution in [0.2, 0.25) is 0 Å². The van der Waals surface area contributed by atoms with Crippen molar-refractivity contribution < 1.29 is 27.8 Å². The van der Waals surface area contributed by atoms with Crippen molar-refractivity contribution in [2.75, 3.05) is 33.4 Å². The van der Waals surface area contributed by atoms with Crippen LogP contribution >= 0.6 is 0 Å². The first-order chi connectivity index (χ1) is 10.8. The molecule has 0 aromatic heterocycles. The van der Waals surface area contributed by atoms with E-state index in [1.165, 1.54) is 0 Å². The van der Waals surface area contributed by atoms with Gasteiger partial charge in [0, 0.05) is 19.6 Å². The van der Waals surface area contributed by atoms with Crippen molar-refractivity contribution >= 4 is 0 Å². The third kappa shape index (κ3) is 4.75. The zero-order valence-corrected chi connectivity index (χ0v) is 13.1. The van der Waals surface area contributed by atoms with Crippen LogP contribution in [0.25, 0.3) is 0 Å². The Morgan fingerprint density at radius 2 is 1.70 bits per heavy atom. The lowest BCUT2D eigenvalue weighted by Gasteiger charge is -2.39. The summed E-state index contributed by atoms with van der Waals surface area (Å²) in [7, 11) is 1.59. The zero-order chi connectivity index (χ0) is 16.9. The van der Waals surface area contributed by atoms with E-state index in [2.05, 4.69) is 0 Å². The summed E-state index contributed by atoms with van der Waals surface area (Å²) in [6, 6.07) is 7.22. The van der Waals surface area contributed by atoms with Gasteiger partial charge in [0.2, 0.25) is 0 Å². The molecule has 0 amide bonds. The first kappa shape index (κ1) is 17.9. The molecular formula is C16H22F3NO3. The molecule has 0 saturated carbocycles. The fourth-order valence-corrected chi connectivity index (χ4v) is 2.58. The number of methoxy groups -OCH3 is 1. The predicted molar refractivity (Wildman–Crippen MR) is 79.8 cm³/mol. The van der Waals surface area contributed by atoms with Crippen LogP contribution < -0.4 is 9.47 Å². The minimum Gasteiger partial charge on any atom is -0.497 e. The highest BCUT2D eigenvalue weighted by Gasteiger charge is 2.54. The largest absolute Gasteiger partial charge is 0.497 e. The van der Waals surface area contributed by atoms with E-state index in [-0.39, 0.29) is 25.9 Å². The maximum atomic E-state index is 12.7. The lowest BCUT2D eigenvalue weighted by Crippen LogP contribution is -2.53. The van der Waals surface area contributed by atoms with Gasteiger partial charge in [-0.05, 0) is 43.5 Å². The maximum Gasteiger partial charge on any atom is 0.417 e. The molecule has 1 aliphatic heterocycles. The summed E-state index contributed by atoms with van der Waals surface area (Å²) >= 11 is 0. The molecule has 2 rings (SSSR count). The SMILES string of the molecule is COc1ccc(OCCCN2CCC(O)(C(F)(F)F)CC2)cc1. The van der Waals surface area contributed by atoms with Gasteiger partial charge in [-0.2, -0.15) is 13.2 Å². The number of ether oxygens (including phenoxy) is 2. The van der Waals surface area contributed by atoms with Crippen LogP contribution in [-0.2, 0) is 0 Å². The maximum absolute atomic E-state index is 12.7. The Labute approximate surface area is 133 Å². The van der Waals surface area contributed by atoms with Gasteiger partial charge in [0.05, 0.1) is 13.7 Å². The Kier molecular flexibility index (Phi) is 5.75. The van der Waals surface area contributed by atoms with Gasteiger partial charge in [0.1, 0.15) is 11.5 Å². The van der Waals surface area contributed by atoms with Gasteiger partial charge < -0.3 is 19.5 Å². The highest BCUT2D eigenvalue weighted by Crippen LogP contribution is 2.38. The highest BCUT2D eigenvalue weighted by molar-refractivity contribution is 5.31. The third-order valence-corrected chi connectivity index (χ3v) is 4.16. The lowest BCUT2D eigenvalue weighted by atomic mass is 9.91. The van der Waals surface area contributed by atoms with Crippen molar-refractivity contribution in [2.45, 2.75) is 31.0 Å². The number of benzene rings is 1. The molecule has 130 valence electrons. The molecule has 0 radical (unpaired) electrons. The summed E-state index contributed by atoms with van der Waals surface area (Å²) in [6.45, 7) is 1.65. The van der Waals surface area contributed by atoms with Crippen LogP contribution in [-0.4, -0.2) is 55.1 Å². The first-order valence-corrected chi connectivity index (χ1v) is 7.62. The topological polar surface area (TPSA) is 41.9 Å². The Morgan fingerprint density at radius 1 is 1.13 bits per heavy atom. The summed E-state index contributed by atoms with van der Waals surface area (Å²) < 4.78 is 48.7. The number of rotatable bonds is 6. The lowest BCUT2D eigenvalue weighted by molar-refractivity contribution is -0.272. The average Bonchev–Trinajstić information content (AvgIpc) is 2.53. The second kappa shape index (κ2) is 7.40. The van der Waals surface area contributed by atoms with Crippen LogP contribution in [0, 0.1) is 0 Å². The number of halogens is 3. The molecule has 1 aromatic carbocycles. The molecule has 1 fully saturated rings. The summed E-state index contributed by atoms with van der Waals surface area (Å²) in [4.78, 5) is 1.93. The molecule has 4 nitrogen and oxygen atoms in total. The third-order valence-electron chi connectivity index (χ3n) is 4.16. The zero-order valence-electron chi connectivity index (χ0n) is 13.1. The number of hydrogen-bond donors (Lipinski definition) is 1. The number of nitrogens with zero attached hydrogens (tertiary/aromatic N) is 1. The van der Waals surface area contributed by atoms with Gasteiger partial charge in [-0.25, -0.2) is 0 Å². The van der Waals surface area contributed by atoms with E-state index in [0.29, 0.717) is 13.2 Å². The molecule has 23 heavy (non-hydrogen) atoms. The molecule has 1 N–H and O–H groups in total. The summed E-state index contributed by atoms with van der Waals surface area (Å²) in [5.74, 6) is 1.48. The minimum absolute atomic E-state index is 0.249. The van der Waals surface area contributed by atoms with Crippen LogP contribution in [0.4, 0.5) is 13.2 Å². The molecule has 0 bridgehead atoms. The molecule has 0 atom stereocenters. The van der Waals surface area contributed by atoms with Crippen molar-refractivity contribution in [3.8, 4) is 11.5 Å². The van der Waals surface area contributed by atoms with E-state index in [1.807, 2.05) is 17.0 Å². The van der Waals surface area contributed by atoms with Crippen LogP contribution in [0.5, 0.6) is 11.5 Å². The minimum atomic E-state index is -4.55. The Hall–Kier alpha value is -1.47. The molecule has 1 saturated heterocycles. The smallest absolute Gasteiger partial charge is 0.417 e. The number of aliphatic hydroxyl groups is 1. The standard InChI is InChI=1S/C16H22F3NO3/c1-22-13-3-5-14(6-4-13)23-12-2-9-20-10-7-15(21,8-11-20)16(17,18)19/h3-6,21H,2,7-12H2,1H3. The van der Waals surface area contributed by atoms with Gasteiger partial charge in [-0.15, -0.1) is 0 Å². The Morgan fingerprint density at radius 3 is 2.22 bits per heavy atom. The summed E-state index contributed by atoms with van der Waals surface area (Å²) in [5.41, 5.74) is -2.52. The van der Waals surface area contributed by atoms with Crippen LogP contribution in [0.15, 0.2) is 24.3 Å². The number of alkyl halides is 3. The van der Waals surface area contributed by atoms with E-state index in [0.717, 1.165) is 17.9 Å². The van der Waals surface area contributed by atoms with E-state index in [4.69, 9.17) is 9.47 Å². The van der Waals surface area contributed by atoms with Crippen molar-refractivity contribution in [3.63, 3.8) is 0 Å². The Balaban J connectivity index is 1.66. The summed E-state index contributed by atoms with van der Waals surface area (Å²) in [6.07, 6.45) is -4.36. The van der Waals surface area contributed by atoms with Gasteiger partial charge in [0.25, 0.3) is 0 Å². The Bertz CT molecular complexity index is 482. The number of likely N-dealkylation sites (tertiary alicyclic amines) is 1. The average molecular weight is 333 g/mol. The van der Waals surface area contributed by atoms with Gasteiger partial charge in [-0.3, -0.25) is 0 Å². The molecule has 0 aliphatic carbocycles. The normalized spacial score (nSPS) is 18.7. The first-order valence-electron chi connectivity index (χ1n) is 7.62. The predicted octanol–water partition coefficient (Wildman–Crippen LogP) is 2.85. The van der Waals surface area contributed by atoms with E-state index in [1.54, 1.807) is 19.2 Å². The van der Waals surface area contributed by atoms with Crippen molar-refractivity contribution in [2.24, 2.45) is 0 Å². The van der Waals surface area contributed by atoms with E-state index < -0.39 is 11.8 Å². The van der Waals surface area contributed by atoms with Crippen LogP contribution in [0.1, 0.15) is 19.3 Å². The van der Waals surface area contributed by atoms with Crippen molar-refractivity contribution in [1.82, 2.24) is 4.90 Å². The van der Waals surface area contributed by atoms with Gasteiger partial charge >= 0.3 is 6.18 Å². The number of hydrogen-bond acceptors (Lipinski definition) is 4. The number of piperidine rings is 1. The molecule has 0 unspecified atom stereocenters. The fourth-order valence-electron chi connectivity index (χ4n) is 2.58. The van der Waals surface area contributed by atoms with E-state index >= 15 is 0 Å². The van der Waals surface area contributed by atoms with E-state index in [9.17, 15) is 18.3 Å². The van der Waals surface area contributed by atoms with Crippen molar-refractivity contribution in [3.05, 3.63) is 24.3 Å². The molecule has 0 spiro atoms. The second-order valence-corrected chi connectivity index (χ2v) is 5.75. The molecule has 1 aliphatic rings. The van der Waals surface area contributed by atoms with Gasteiger partial charge in [-0.1, -0.05) is 0 Å².